The third-order valence-corrected chi connectivity index (χ3v) is 7.05. The smallest absolute Gasteiger partial charge is 0.265 e. The topological polar surface area (TPSA) is 66.5 Å². The number of hydrogen-bond acceptors (Lipinski definition) is 3. The van der Waals surface area contributed by atoms with Crippen LogP contribution in [-0.4, -0.2) is 20.4 Å². The van der Waals surface area contributed by atoms with Gasteiger partial charge >= 0.3 is 0 Å². The molecule has 0 unspecified atom stereocenters. The van der Waals surface area contributed by atoms with Gasteiger partial charge in [-0.1, -0.05) is 30.3 Å². The van der Waals surface area contributed by atoms with Crippen LogP contribution in [0, 0.1) is 13.8 Å². The lowest BCUT2D eigenvalue weighted by atomic mass is 10.1. The molecule has 3 aromatic carbocycles. The maximum absolute atomic E-state index is 13.1. The number of anilines is 2. The molecular formula is C21H20N2O3S. The summed E-state index contributed by atoms with van der Waals surface area (Å²) in [6.07, 6.45) is 0. The average molecular weight is 380 g/mol. The minimum atomic E-state index is -3.78. The lowest BCUT2D eigenvalue weighted by Gasteiger charge is -2.25. The van der Waals surface area contributed by atoms with Crippen molar-refractivity contribution in [1.82, 2.24) is 0 Å². The lowest BCUT2D eigenvalue weighted by molar-refractivity contribution is -0.116. The van der Waals surface area contributed by atoms with Crippen molar-refractivity contribution in [3.63, 3.8) is 0 Å². The van der Waals surface area contributed by atoms with Crippen LogP contribution in [0.15, 0.2) is 59.5 Å². The van der Waals surface area contributed by atoms with Gasteiger partial charge in [-0.25, -0.2) is 8.42 Å². The van der Waals surface area contributed by atoms with Gasteiger partial charge in [0.1, 0.15) is 6.04 Å². The van der Waals surface area contributed by atoms with Crippen LogP contribution >= 0.6 is 0 Å². The van der Waals surface area contributed by atoms with Gasteiger partial charge in [0.25, 0.3) is 10.0 Å². The predicted octanol–water partition coefficient (Wildman–Crippen LogP) is 3.99. The molecule has 0 radical (unpaired) electrons. The Morgan fingerprint density at radius 3 is 2.41 bits per heavy atom. The monoisotopic (exact) mass is 380 g/mol. The highest BCUT2D eigenvalue weighted by molar-refractivity contribution is 7.93. The van der Waals surface area contributed by atoms with E-state index in [2.05, 4.69) is 5.32 Å². The van der Waals surface area contributed by atoms with Crippen LogP contribution in [0.25, 0.3) is 10.8 Å². The highest BCUT2D eigenvalue weighted by Gasteiger charge is 2.40. The predicted molar refractivity (Wildman–Crippen MR) is 108 cm³/mol. The molecule has 0 spiro atoms. The van der Waals surface area contributed by atoms with Crippen LogP contribution in [0.1, 0.15) is 18.1 Å². The normalized spacial score (nSPS) is 15.7. The summed E-state index contributed by atoms with van der Waals surface area (Å²) in [5.41, 5.74) is 3.39. The van der Waals surface area contributed by atoms with Gasteiger partial charge in [-0.05, 0) is 61.5 Å². The number of nitrogens with one attached hydrogen (secondary N) is 1. The van der Waals surface area contributed by atoms with Crippen molar-refractivity contribution >= 4 is 38.1 Å². The summed E-state index contributed by atoms with van der Waals surface area (Å²) in [5, 5.41) is 4.36. The number of rotatable bonds is 3. The quantitative estimate of drug-likeness (QED) is 0.747. The molecule has 0 saturated heterocycles. The largest absolute Gasteiger partial charge is 0.324 e. The number of carbonyl (C=O) groups is 1. The fourth-order valence-corrected chi connectivity index (χ4v) is 5.38. The van der Waals surface area contributed by atoms with Gasteiger partial charge in [-0.15, -0.1) is 0 Å². The zero-order valence-corrected chi connectivity index (χ0v) is 16.2. The van der Waals surface area contributed by atoms with Crippen molar-refractivity contribution in [2.75, 3.05) is 9.62 Å². The Morgan fingerprint density at radius 2 is 1.70 bits per heavy atom. The van der Waals surface area contributed by atoms with Crippen LogP contribution in [0.4, 0.5) is 11.4 Å². The second-order valence-corrected chi connectivity index (χ2v) is 8.68. The molecule has 0 fully saturated rings. The summed E-state index contributed by atoms with van der Waals surface area (Å²) in [7, 11) is -3.78. The molecule has 1 heterocycles. The third-order valence-electron chi connectivity index (χ3n) is 5.12. The van der Waals surface area contributed by atoms with E-state index in [-0.39, 0.29) is 10.8 Å². The summed E-state index contributed by atoms with van der Waals surface area (Å²) in [5.74, 6) is -0.369. The molecule has 4 rings (SSSR count). The van der Waals surface area contributed by atoms with Crippen LogP contribution in [0.2, 0.25) is 0 Å². The lowest BCUT2D eigenvalue weighted by Crippen LogP contribution is -2.44. The van der Waals surface area contributed by atoms with E-state index in [0.717, 1.165) is 16.5 Å². The molecule has 0 aromatic heterocycles. The number of aryl methyl sites for hydroxylation is 2. The van der Waals surface area contributed by atoms with Crippen LogP contribution in [0.3, 0.4) is 0 Å². The first kappa shape index (κ1) is 17.5. The number of sulfonamides is 1. The van der Waals surface area contributed by atoms with E-state index in [9.17, 15) is 13.2 Å². The van der Waals surface area contributed by atoms with E-state index in [0.29, 0.717) is 16.8 Å². The highest BCUT2D eigenvalue weighted by atomic mass is 32.2. The number of carbonyl (C=O) groups excluding carboxylic acids is 1. The molecule has 6 heteroatoms. The van der Waals surface area contributed by atoms with Crippen LogP contribution < -0.4 is 9.62 Å². The maximum Gasteiger partial charge on any atom is 0.265 e. The van der Waals surface area contributed by atoms with Gasteiger partial charge in [-0.2, -0.15) is 0 Å². The zero-order chi connectivity index (χ0) is 19.3. The maximum atomic E-state index is 13.1. The van der Waals surface area contributed by atoms with Gasteiger partial charge < -0.3 is 5.32 Å². The van der Waals surface area contributed by atoms with E-state index in [1.165, 1.54) is 4.31 Å². The summed E-state index contributed by atoms with van der Waals surface area (Å²) < 4.78 is 27.4. The first-order chi connectivity index (χ1) is 12.8. The molecule has 138 valence electrons. The second-order valence-electron chi connectivity index (χ2n) is 6.90. The van der Waals surface area contributed by atoms with Crippen molar-refractivity contribution in [3.8, 4) is 0 Å². The molecule has 1 N–H and O–H groups in total. The Bertz CT molecular complexity index is 1180. The van der Waals surface area contributed by atoms with Crippen molar-refractivity contribution in [2.24, 2.45) is 0 Å². The van der Waals surface area contributed by atoms with Gasteiger partial charge in [0.05, 0.1) is 10.6 Å². The van der Waals surface area contributed by atoms with Crippen molar-refractivity contribution in [2.45, 2.75) is 31.7 Å². The van der Waals surface area contributed by atoms with Crippen molar-refractivity contribution < 1.29 is 13.2 Å². The number of nitrogens with zero attached hydrogens (tertiary/aromatic N) is 1. The van der Waals surface area contributed by atoms with Gasteiger partial charge in [0, 0.05) is 11.1 Å². The molecule has 0 saturated carbocycles. The number of amides is 1. The SMILES string of the molecule is Cc1ccc(NC(=O)[C@H](C)N2c3cccc4cccc(c34)S2(=O)=O)cc1C. The molecule has 1 amide bonds. The van der Waals surface area contributed by atoms with Crippen LogP contribution in [-0.2, 0) is 14.8 Å². The first-order valence-electron chi connectivity index (χ1n) is 8.75. The van der Waals surface area contributed by atoms with E-state index >= 15 is 0 Å². The molecule has 5 nitrogen and oxygen atoms in total. The Balaban J connectivity index is 1.72. The zero-order valence-electron chi connectivity index (χ0n) is 15.4. The average Bonchev–Trinajstić information content (AvgIpc) is 2.87. The summed E-state index contributed by atoms with van der Waals surface area (Å²) in [6.45, 7) is 5.58. The molecule has 27 heavy (non-hydrogen) atoms. The Morgan fingerprint density at radius 1 is 1.00 bits per heavy atom. The number of benzene rings is 3. The van der Waals surface area contributed by atoms with Gasteiger partial charge in [0.2, 0.25) is 5.91 Å². The molecule has 0 aliphatic carbocycles. The summed E-state index contributed by atoms with van der Waals surface area (Å²) in [4.78, 5) is 13.1. The van der Waals surface area contributed by atoms with E-state index < -0.39 is 16.1 Å². The van der Waals surface area contributed by atoms with E-state index in [4.69, 9.17) is 0 Å². The summed E-state index contributed by atoms with van der Waals surface area (Å²) in [6, 6.07) is 15.4. The minimum Gasteiger partial charge on any atom is -0.324 e. The molecular weight excluding hydrogens is 360 g/mol. The fraction of sp³-hybridized carbons (Fsp3) is 0.190. The van der Waals surface area contributed by atoms with E-state index in [1.54, 1.807) is 25.1 Å². The van der Waals surface area contributed by atoms with Gasteiger partial charge in [0.15, 0.2) is 0 Å². The minimum absolute atomic E-state index is 0.251. The molecule has 3 aromatic rings. The fourth-order valence-electron chi connectivity index (χ4n) is 3.51. The first-order valence-corrected chi connectivity index (χ1v) is 10.2. The standard InChI is InChI=1S/C21H20N2O3S/c1-13-10-11-17(12-14(13)2)22-21(24)15(3)23-18-8-4-6-16-7-5-9-19(20(16)18)27(23,25)26/h4-12,15H,1-3H3,(H,22,24)/t15-/m0/s1. The van der Waals surface area contributed by atoms with Crippen molar-refractivity contribution in [1.29, 1.82) is 0 Å². The van der Waals surface area contributed by atoms with Crippen molar-refractivity contribution in [3.05, 3.63) is 65.7 Å². The molecule has 1 atom stereocenters. The van der Waals surface area contributed by atoms with E-state index in [1.807, 2.05) is 50.2 Å². The highest BCUT2D eigenvalue weighted by Crippen LogP contribution is 2.43. The van der Waals surface area contributed by atoms with Crippen LogP contribution in [0.5, 0.6) is 0 Å². The third kappa shape index (κ3) is 2.68. The summed E-state index contributed by atoms with van der Waals surface area (Å²) >= 11 is 0. The number of hydrogen-bond donors (Lipinski definition) is 1. The molecule has 1 aliphatic rings. The Labute approximate surface area is 158 Å². The molecule has 1 aliphatic heterocycles. The second kappa shape index (κ2) is 6.09. The Hall–Kier alpha value is -2.86. The molecule has 0 bridgehead atoms. The Kier molecular flexibility index (Phi) is 3.96. The van der Waals surface area contributed by atoms with Gasteiger partial charge in [-0.3, -0.25) is 9.10 Å².